The van der Waals surface area contributed by atoms with Crippen molar-refractivity contribution in [3.63, 3.8) is 0 Å². The maximum absolute atomic E-state index is 13.5. The Balaban J connectivity index is 2.94. The second-order valence-corrected chi connectivity index (χ2v) is 4.70. The minimum Gasteiger partial charge on any atom is -0.388 e. The third-order valence-corrected chi connectivity index (χ3v) is 3.27. The monoisotopic (exact) mass is 274 g/mol. The predicted molar refractivity (Wildman–Crippen MR) is 63.1 cm³/mol. The SMILES string of the molecule is CCCC(C)C(O)c1c(F)cccc1Br. The summed E-state index contributed by atoms with van der Waals surface area (Å²) in [6.07, 6.45) is 1.15. The molecular formula is C12H16BrFO. The molecule has 1 N–H and O–H groups in total. The highest BCUT2D eigenvalue weighted by molar-refractivity contribution is 9.10. The Labute approximate surface area is 98.4 Å². The summed E-state index contributed by atoms with van der Waals surface area (Å²) in [5.41, 5.74) is 0.374. The molecule has 0 aliphatic heterocycles. The highest BCUT2D eigenvalue weighted by Crippen LogP contribution is 2.32. The lowest BCUT2D eigenvalue weighted by Gasteiger charge is -2.20. The first-order valence-corrected chi connectivity index (χ1v) is 5.99. The van der Waals surface area contributed by atoms with E-state index in [4.69, 9.17) is 0 Å². The molecule has 2 unspecified atom stereocenters. The number of hydrogen-bond acceptors (Lipinski definition) is 1. The Kier molecular flexibility index (Phi) is 4.74. The van der Waals surface area contributed by atoms with Gasteiger partial charge in [0.25, 0.3) is 0 Å². The molecule has 0 aliphatic carbocycles. The standard InChI is InChI=1S/C12H16BrFO/c1-3-5-8(2)12(15)11-9(13)6-4-7-10(11)14/h4,6-8,12,15H,3,5H2,1-2H3. The molecule has 1 aromatic rings. The third-order valence-electron chi connectivity index (χ3n) is 2.58. The van der Waals surface area contributed by atoms with Gasteiger partial charge in [-0.25, -0.2) is 4.39 Å². The van der Waals surface area contributed by atoms with Crippen LogP contribution in [-0.4, -0.2) is 5.11 Å². The average molecular weight is 275 g/mol. The number of benzene rings is 1. The van der Waals surface area contributed by atoms with Crippen molar-refractivity contribution in [2.75, 3.05) is 0 Å². The molecule has 0 radical (unpaired) electrons. The fraction of sp³-hybridized carbons (Fsp3) is 0.500. The number of aliphatic hydroxyl groups excluding tert-OH is 1. The minimum absolute atomic E-state index is 0.0724. The maximum atomic E-state index is 13.5. The smallest absolute Gasteiger partial charge is 0.130 e. The maximum Gasteiger partial charge on any atom is 0.130 e. The van der Waals surface area contributed by atoms with Gasteiger partial charge >= 0.3 is 0 Å². The van der Waals surface area contributed by atoms with Crippen molar-refractivity contribution in [2.45, 2.75) is 32.8 Å². The van der Waals surface area contributed by atoms with E-state index in [-0.39, 0.29) is 11.7 Å². The van der Waals surface area contributed by atoms with Crippen LogP contribution in [0.4, 0.5) is 4.39 Å². The molecule has 0 bridgehead atoms. The van der Waals surface area contributed by atoms with Gasteiger partial charge in [-0.05, 0) is 24.5 Å². The second-order valence-electron chi connectivity index (χ2n) is 3.85. The first kappa shape index (κ1) is 12.7. The van der Waals surface area contributed by atoms with Crippen molar-refractivity contribution in [1.29, 1.82) is 0 Å². The summed E-state index contributed by atoms with van der Waals surface area (Å²) in [4.78, 5) is 0. The van der Waals surface area contributed by atoms with E-state index < -0.39 is 6.10 Å². The molecule has 0 saturated carbocycles. The zero-order valence-corrected chi connectivity index (χ0v) is 10.6. The van der Waals surface area contributed by atoms with Crippen LogP contribution in [0.2, 0.25) is 0 Å². The minimum atomic E-state index is -0.736. The Morgan fingerprint density at radius 3 is 2.67 bits per heavy atom. The third kappa shape index (κ3) is 3.02. The van der Waals surface area contributed by atoms with Crippen LogP contribution in [0.5, 0.6) is 0 Å². The van der Waals surface area contributed by atoms with Gasteiger partial charge in [0.05, 0.1) is 6.10 Å². The van der Waals surface area contributed by atoms with Crippen LogP contribution in [0.15, 0.2) is 22.7 Å². The molecule has 3 heteroatoms. The Morgan fingerprint density at radius 2 is 2.13 bits per heavy atom. The normalized spacial score (nSPS) is 15.0. The van der Waals surface area contributed by atoms with Crippen molar-refractivity contribution in [1.82, 2.24) is 0 Å². The van der Waals surface area contributed by atoms with Gasteiger partial charge in [-0.1, -0.05) is 42.3 Å². The lowest BCUT2D eigenvalue weighted by atomic mass is 9.93. The molecule has 0 saturated heterocycles. The largest absolute Gasteiger partial charge is 0.388 e. The Bertz CT molecular complexity index is 307. The van der Waals surface area contributed by atoms with E-state index in [1.54, 1.807) is 12.1 Å². The highest BCUT2D eigenvalue weighted by Gasteiger charge is 2.21. The van der Waals surface area contributed by atoms with Crippen LogP contribution in [0.3, 0.4) is 0 Å². The zero-order valence-electron chi connectivity index (χ0n) is 9.00. The van der Waals surface area contributed by atoms with E-state index >= 15 is 0 Å². The molecule has 0 aromatic heterocycles. The fourth-order valence-corrected chi connectivity index (χ4v) is 2.27. The van der Waals surface area contributed by atoms with Crippen LogP contribution < -0.4 is 0 Å². The van der Waals surface area contributed by atoms with Gasteiger partial charge in [0, 0.05) is 10.0 Å². The van der Waals surface area contributed by atoms with Gasteiger partial charge in [0.15, 0.2) is 0 Å². The lowest BCUT2D eigenvalue weighted by molar-refractivity contribution is 0.108. The molecule has 0 aliphatic rings. The molecule has 0 fully saturated rings. The molecule has 84 valence electrons. The molecule has 1 aromatic carbocycles. The first-order chi connectivity index (χ1) is 7.07. The summed E-state index contributed by atoms with van der Waals surface area (Å²) in [5, 5.41) is 10.0. The van der Waals surface area contributed by atoms with Crippen molar-refractivity contribution < 1.29 is 9.50 Å². The molecule has 0 amide bonds. The van der Waals surface area contributed by atoms with Crippen molar-refractivity contribution in [3.8, 4) is 0 Å². The van der Waals surface area contributed by atoms with Crippen molar-refractivity contribution in [2.24, 2.45) is 5.92 Å². The van der Waals surface area contributed by atoms with Crippen LogP contribution in [0.1, 0.15) is 38.4 Å². The van der Waals surface area contributed by atoms with Gasteiger partial charge < -0.3 is 5.11 Å². The van der Waals surface area contributed by atoms with E-state index in [1.165, 1.54) is 6.07 Å². The molecule has 15 heavy (non-hydrogen) atoms. The zero-order chi connectivity index (χ0) is 11.4. The molecule has 1 nitrogen and oxygen atoms in total. The Morgan fingerprint density at radius 1 is 1.47 bits per heavy atom. The topological polar surface area (TPSA) is 20.2 Å². The van der Waals surface area contributed by atoms with Gasteiger partial charge in [-0.15, -0.1) is 0 Å². The molecular weight excluding hydrogens is 259 g/mol. The summed E-state index contributed by atoms with van der Waals surface area (Å²) in [6, 6.07) is 4.75. The number of hydrogen-bond donors (Lipinski definition) is 1. The predicted octanol–water partition coefficient (Wildman–Crippen LogP) is 4.06. The number of rotatable bonds is 4. The van der Waals surface area contributed by atoms with Crippen LogP contribution in [0, 0.1) is 11.7 Å². The van der Waals surface area contributed by atoms with Crippen molar-refractivity contribution >= 4 is 15.9 Å². The lowest BCUT2D eigenvalue weighted by Crippen LogP contribution is -2.11. The van der Waals surface area contributed by atoms with Crippen LogP contribution in [-0.2, 0) is 0 Å². The van der Waals surface area contributed by atoms with Crippen molar-refractivity contribution in [3.05, 3.63) is 34.1 Å². The van der Waals surface area contributed by atoms with E-state index in [1.807, 2.05) is 6.92 Å². The van der Waals surface area contributed by atoms with Crippen LogP contribution >= 0.6 is 15.9 Å². The summed E-state index contributed by atoms with van der Waals surface area (Å²) in [7, 11) is 0. The van der Waals surface area contributed by atoms with Gasteiger partial charge in [-0.2, -0.15) is 0 Å². The quantitative estimate of drug-likeness (QED) is 0.878. The van der Waals surface area contributed by atoms with Gasteiger partial charge in [-0.3, -0.25) is 0 Å². The van der Waals surface area contributed by atoms with Gasteiger partial charge in [0.2, 0.25) is 0 Å². The van der Waals surface area contributed by atoms with Crippen LogP contribution in [0.25, 0.3) is 0 Å². The van der Waals surface area contributed by atoms with Gasteiger partial charge in [0.1, 0.15) is 5.82 Å². The summed E-state index contributed by atoms with van der Waals surface area (Å²) in [6.45, 7) is 3.99. The molecule has 0 spiro atoms. The van der Waals surface area contributed by atoms with E-state index in [0.29, 0.717) is 10.0 Å². The highest BCUT2D eigenvalue weighted by atomic mass is 79.9. The first-order valence-electron chi connectivity index (χ1n) is 5.19. The van der Waals surface area contributed by atoms with E-state index in [2.05, 4.69) is 22.9 Å². The van der Waals surface area contributed by atoms with E-state index in [0.717, 1.165) is 12.8 Å². The summed E-state index contributed by atoms with van der Waals surface area (Å²) in [5.74, 6) is -0.275. The van der Waals surface area contributed by atoms with E-state index in [9.17, 15) is 9.50 Å². The number of aliphatic hydroxyl groups is 1. The molecule has 0 heterocycles. The number of halogens is 2. The Hall–Kier alpha value is -0.410. The summed E-state index contributed by atoms with van der Waals surface area (Å²) < 4.78 is 14.1. The molecule has 1 rings (SSSR count). The fourth-order valence-electron chi connectivity index (χ4n) is 1.69. The molecule has 2 atom stereocenters. The summed E-state index contributed by atoms with van der Waals surface area (Å²) >= 11 is 3.27. The average Bonchev–Trinajstić information content (AvgIpc) is 2.17. The second kappa shape index (κ2) is 5.61.